The molecule has 0 aliphatic carbocycles. The molecule has 1 saturated heterocycles. The van der Waals surface area contributed by atoms with Crippen molar-refractivity contribution in [2.24, 2.45) is 5.92 Å². The van der Waals surface area contributed by atoms with Crippen LogP contribution in [0, 0.1) is 5.92 Å². The van der Waals surface area contributed by atoms with E-state index in [0.29, 0.717) is 25.4 Å². The number of halogens is 1. The highest BCUT2D eigenvalue weighted by Gasteiger charge is 2.20. The molecule has 1 aromatic rings. The lowest BCUT2D eigenvalue weighted by Crippen LogP contribution is -2.36. The number of rotatable bonds is 6. The molecule has 1 aromatic heterocycles. The lowest BCUT2D eigenvalue weighted by atomic mass is 9.95. The van der Waals surface area contributed by atoms with E-state index in [1.54, 1.807) is 6.08 Å². The largest absolute Gasteiger partial charge is 0.334 e. The van der Waals surface area contributed by atoms with E-state index in [1.165, 1.54) is 17.8 Å². The normalized spacial score (nSPS) is 18.8. The van der Waals surface area contributed by atoms with Crippen molar-refractivity contribution in [3.63, 3.8) is 0 Å². The molecular formula is C15H21ClN2OS. The zero-order chi connectivity index (χ0) is 14.4. The third-order valence-corrected chi connectivity index (χ3v) is 4.76. The zero-order valence-electron chi connectivity index (χ0n) is 11.6. The standard InChI is InChI=1S/C15H21ClN2OS/c1-2-8-18(11-13-5-6-14(16)20-13)15(19)9-12-4-3-7-17-10-12/h2,5-6,12,17H,1,3-4,7-11H2. The first-order chi connectivity index (χ1) is 9.69. The molecule has 2 heterocycles. The number of thiophene rings is 1. The van der Waals surface area contributed by atoms with Crippen molar-refractivity contribution in [3.8, 4) is 0 Å². The molecule has 5 heteroatoms. The SMILES string of the molecule is C=CCN(Cc1ccc(Cl)s1)C(=O)CC1CCCNC1. The predicted octanol–water partition coefficient (Wildman–Crippen LogP) is 3.31. The van der Waals surface area contributed by atoms with Gasteiger partial charge in [-0.1, -0.05) is 17.7 Å². The van der Waals surface area contributed by atoms with Gasteiger partial charge in [0.05, 0.1) is 10.9 Å². The van der Waals surface area contributed by atoms with E-state index in [0.717, 1.165) is 28.7 Å². The van der Waals surface area contributed by atoms with Crippen molar-refractivity contribution in [1.29, 1.82) is 0 Å². The van der Waals surface area contributed by atoms with Gasteiger partial charge in [-0.25, -0.2) is 0 Å². The fraction of sp³-hybridized carbons (Fsp3) is 0.533. The van der Waals surface area contributed by atoms with Crippen LogP contribution >= 0.6 is 22.9 Å². The molecule has 1 atom stereocenters. The van der Waals surface area contributed by atoms with Crippen molar-refractivity contribution in [2.45, 2.75) is 25.8 Å². The molecule has 110 valence electrons. The molecular weight excluding hydrogens is 292 g/mol. The van der Waals surface area contributed by atoms with E-state index in [-0.39, 0.29) is 5.91 Å². The first kappa shape index (κ1) is 15.5. The summed E-state index contributed by atoms with van der Waals surface area (Å²) < 4.78 is 0.766. The van der Waals surface area contributed by atoms with Crippen molar-refractivity contribution < 1.29 is 4.79 Å². The quantitative estimate of drug-likeness (QED) is 0.817. The minimum atomic E-state index is 0.211. The first-order valence-corrected chi connectivity index (χ1v) is 8.22. The summed E-state index contributed by atoms with van der Waals surface area (Å²) in [6.45, 7) is 7.00. The summed E-state index contributed by atoms with van der Waals surface area (Å²) in [5.41, 5.74) is 0. The van der Waals surface area contributed by atoms with Crippen molar-refractivity contribution in [3.05, 3.63) is 34.0 Å². The minimum Gasteiger partial charge on any atom is -0.334 e. The number of hydrogen-bond acceptors (Lipinski definition) is 3. The third kappa shape index (κ3) is 4.62. The van der Waals surface area contributed by atoms with E-state index >= 15 is 0 Å². The van der Waals surface area contributed by atoms with Crippen LogP contribution < -0.4 is 5.32 Å². The molecule has 0 bridgehead atoms. The fourth-order valence-corrected chi connectivity index (χ4v) is 3.61. The van der Waals surface area contributed by atoms with Gasteiger partial charge in [0.25, 0.3) is 0 Å². The zero-order valence-corrected chi connectivity index (χ0v) is 13.2. The molecule has 20 heavy (non-hydrogen) atoms. The van der Waals surface area contributed by atoms with E-state index in [1.807, 2.05) is 17.0 Å². The second-order valence-corrected chi connectivity index (χ2v) is 6.98. The maximum absolute atomic E-state index is 12.4. The molecule has 0 saturated carbocycles. The Morgan fingerprint density at radius 2 is 2.45 bits per heavy atom. The molecule has 1 aliphatic rings. The Labute approximate surface area is 129 Å². The monoisotopic (exact) mass is 312 g/mol. The van der Waals surface area contributed by atoms with Crippen LogP contribution in [0.2, 0.25) is 4.34 Å². The van der Waals surface area contributed by atoms with Gasteiger partial charge in [0.2, 0.25) is 5.91 Å². The fourth-order valence-electron chi connectivity index (χ4n) is 2.51. The Kier molecular flexibility index (Phi) is 6.07. The maximum atomic E-state index is 12.4. The highest BCUT2D eigenvalue weighted by Crippen LogP contribution is 2.23. The minimum absolute atomic E-state index is 0.211. The van der Waals surface area contributed by atoms with Crippen LogP contribution in [0.5, 0.6) is 0 Å². The smallest absolute Gasteiger partial charge is 0.223 e. The summed E-state index contributed by atoms with van der Waals surface area (Å²) in [7, 11) is 0. The van der Waals surface area contributed by atoms with Crippen LogP contribution in [0.15, 0.2) is 24.8 Å². The molecule has 1 unspecified atom stereocenters. The molecule has 0 spiro atoms. The van der Waals surface area contributed by atoms with E-state index in [2.05, 4.69) is 11.9 Å². The van der Waals surface area contributed by atoms with Crippen LogP contribution in [0.3, 0.4) is 0 Å². The maximum Gasteiger partial charge on any atom is 0.223 e. The van der Waals surface area contributed by atoms with E-state index in [4.69, 9.17) is 11.6 Å². The number of hydrogen-bond donors (Lipinski definition) is 1. The lowest BCUT2D eigenvalue weighted by Gasteiger charge is -2.26. The molecule has 2 rings (SSSR count). The second-order valence-electron chi connectivity index (χ2n) is 5.19. The number of nitrogens with zero attached hydrogens (tertiary/aromatic N) is 1. The highest BCUT2D eigenvalue weighted by atomic mass is 35.5. The molecule has 0 radical (unpaired) electrons. The highest BCUT2D eigenvalue weighted by molar-refractivity contribution is 7.16. The topological polar surface area (TPSA) is 32.3 Å². The summed E-state index contributed by atoms with van der Waals surface area (Å²) >= 11 is 7.47. The van der Waals surface area contributed by atoms with E-state index < -0.39 is 0 Å². The van der Waals surface area contributed by atoms with Crippen LogP contribution in [0.25, 0.3) is 0 Å². The van der Waals surface area contributed by atoms with Crippen LogP contribution in [0.1, 0.15) is 24.1 Å². The average Bonchev–Trinajstić information content (AvgIpc) is 2.85. The van der Waals surface area contributed by atoms with Crippen LogP contribution in [-0.4, -0.2) is 30.4 Å². The predicted molar refractivity (Wildman–Crippen MR) is 85.2 cm³/mol. The van der Waals surface area contributed by atoms with Crippen molar-refractivity contribution >= 4 is 28.8 Å². The molecule has 0 aromatic carbocycles. The van der Waals surface area contributed by atoms with Gasteiger partial charge in [-0.15, -0.1) is 17.9 Å². The second kappa shape index (κ2) is 7.81. The molecule has 1 fully saturated rings. The molecule has 1 amide bonds. The van der Waals surface area contributed by atoms with Gasteiger partial charge in [-0.05, 0) is 44.0 Å². The Morgan fingerprint density at radius 1 is 1.60 bits per heavy atom. The lowest BCUT2D eigenvalue weighted by molar-refractivity contribution is -0.132. The molecule has 1 N–H and O–H groups in total. The van der Waals surface area contributed by atoms with Gasteiger partial charge in [0.15, 0.2) is 0 Å². The van der Waals surface area contributed by atoms with Gasteiger partial charge in [-0.3, -0.25) is 4.79 Å². The number of amides is 1. The third-order valence-electron chi connectivity index (χ3n) is 3.54. The number of piperidine rings is 1. The van der Waals surface area contributed by atoms with Gasteiger partial charge in [0.1, 0.15) is 0 Å². The Balaban J connectivity index is 1.92. The molecule has 3 nitrogen and oxygen atoms in total. The van der Waals surface area contributed by atoms with Crippen molar-refractivity contribution in [1.82, 2.24) is 10.2 Å². The van der Waals surface area contributed by atoms with Crippen LogP contribution in [-0.2, 0) is 11.3 Å². The summed E-state index contributed by atoms with van der Waals surface area (Å²) in [4.78, 5) is 15.4. The van der Waals surface area contributed by atoms with Crippen LogP contribution in [0.4, 0.5) is 0 Å². The number of carbonyl (C=O) groups excluding carboxylic acids is 1. The Bertz CT molecular complexity index is 454. The van der Waals surface area contributed by atoms with Gasteiger partial charge in [0, 0.05) is 17.8 Å². The number of nitrogens with one attached hydrogen (secondary N) is 1. The summed E-state index contributed by atoms with van der Waals surface area (Å²) in [6, 6.07) is 3.86. The average molecular weight is 313 g/mol. The Hall–Kier alpha value is -0.840. The summed E-state index contributed by atoms with van der Waals surface area (Å²) in [5, 5.41) is 3.36. The van der Waals surface area contributed by atoms with Gasteiger partial charge in [-0.2, -0.15) is 0 Å². The van der Waals surface area contributed by atoms with Gasteiger partial charge < -0.3 is 10.2 Å². The van der Waals surface area contributed by atoms with E-state index in [9.17, 15) is 4.79 Å². The Morgan fingerprint density at radius 3 is 3.05 bits per heavy atom. The van der Waals surface area contributed by atoms with Crippen molar-refractivity contribution in [2.75, 3.05) is 19.6 Å². The number of carbonyl (C=O) groups is 1. The first-order valence-electron chi connectivity index (χ1n) is 7.02. The van der Waals surface area contributed by atoms with Gasteiger partial charge >= 0.3 is 0 Å². The summed E-state index contributed by atoms with van der Waals surface area (Å²) in [6.07, 6.45) is 4.72. The molecule has 1 aliphatic heterocycles. The summed E-state index contributed by atoms with van der Waals surface area (Å²) in [5.74, 6) is 0.679.